The number of rotatable bonds is 0. The van der Waals surface area contributed by atoms with Crippen LogP contribution in [0.1, 0.15) is 32.1 Å². The maximum atomic E-state index is 13.1. The van der Waals surface area contributed by atoms with Gasteiger partial charge < -0.3 is 4.42 Å². The number of hydrogen-bond donors (Lipinski definition) is 0. The van der Waals surface area contributed by atoms with E-state index in [-0.39, 0.29) is 11.2 Å². The standard InChI is InChI=1S/C13H15FO/c1-8-10-7-9(14)5-6-11(10)15-12(8)13(2,3)4/h5-7H,1-4H3. The zero-order chi connectivity index (χ0) is 11.2. The lowest BCUT2D eigenvalue weighted by molar-refractivity contribution is 0.426. The summed E-state index contributed by atoms with van der Waals surface area (Å²) in [6.07, 6.45) is 0. The van der Waals surface area contributed by atoms with Crippen LogP contribution in [0.5, 0.6) is 0 Å². The molecule has 1 aromatic heterocycles. The second-order valence-corrected chi connectivity index (χ2v) is 4.95. The second kappa shape index (κ2) is 3.09. The fourth-order valence-corrected chi connectivity index (χ4v) is 1.91. The largest absolute Gasteiger partial charge is 0.460 e. The molecule has 1 nitrogen and oxygen atoms in total. The fourth-order valence-electron chi connectivity index (χ4n) is 1.91. The smallest absolute Gasteiger partial charge is 0.134 e. The summed E-state index contributed by atoms with van der Waals surface area (Å²) < 4.78 is 18.8. The zero-order valence-electron chi connectivity index (χ0n) is 9.52. The maximum Gasteiger partial charge on any atom is 0.134 e. The van der Waals surface area contributed by atoms with E-state index in [1.807, 2.05) is 6.92 Å². The first-order valence-corrected chi connectivity index (χ1v) is 5.09. The van der Waals surface area contributed by atoms with Crippen molar-refractivity contribution in [1.82, 2.24) is 0 Å². The molecule has 0 amide bonds. The second-order valence-electron chi connectivity index (χ2n) is 4.95. The Balaban J connectivity index is 2.76. The summed E-state index contributed by atoms with van der Waals surface area (Å²) in [5.41, 5.74) is 1.76. The van der Waals surface area contributed by atoms with Gasteiger partial charge in [-0.15, -0.1) is 0 Å². The highest BCUT2D eigenvalue weighted by Crippen LogP contribution is 2.33. The molecule has 0 unspecified atom stereocenters. The molecule has 0 bridgehead atoms. The molecular weight excluding hydrogens is 191 g/mol. The molecule has 2 aromatic rings. The van der Waals surface area contributed by atoms with Gasteiger partial charge in [-0.25, -0.2) is 4.39 Å². The Bertz CT molecular complexity index is 503. The molecule has 0 N–H and O–H groups in total. The van der Waals surface area contributed by atoms with E-state index in [4.69, 9.17) is 4.42 Å². The van der Waals surface area contributed by atoms with Gasteiger partial charge in [-0.3, -0.25) is 0 Å². The fraction of sp³-hybridized carbons (Fsp3) is 0.385. The predicted molar refractivity (Wildman–Crippen MR) is 59.6 cm³/mol. The predicted octanol–water partition coefficient (Wildman–Crippen LogP) is 4.18. The molecule has 0 aliphatic carbocycles. The lowest BCUT2D eigenvalue weighted by atomic mass is 9.90. The minimum Gasteiger partial charge on any atom is -0.460 e. The van der Waals surface area contributed by atoms with Gasteiger partial charge in [-0.05, 0) is 30.7 Å². The van der Waals surface area contributed by atoms with E-state index in [0.717, 1.165) is 22.3 Å². The third-order valence-corrected chi connectivity index (χ3v) is 2.58. The topological polar surface area (TPSA) is 13.1 Å². The van der Waals surface area contributed by atoms with E-state index in [1.54, 1.807) is 6.07 Å². The van der Waals surface area contributed by atoms with Crippen molar-refractivity contribution in [3.8, 4) is 0 Å². The molecule has 80 valence electrons. The van der Waals surface area contributed by atoms with Crippen LogP contribution < -0.4 is 0 Å². The van der Waals surface area contributed by atoms with Crippen LogP contribution in [0.2, 0.25) is 0 Å². The highest BCUT2D eigenvalue weighted by Gasteiger charge is 2.22. The zero-order valence-corrected chi connectivity index (χ0v) is 9.52. The van der Waals surface area contributed by atoms with Crippen LogP contribution in [0, 0.1) is 12.7 Å². The number of halogens is 1. The highest BCUT2D eigenvalue weighted by molar-refractivity contribution is 5.82. The Morgan fingerprint density at radius 3 is 2.47 bits per heavy atom. The molecule has 0 aliphatic rings. The summed E-state index contributed by atoms with van der Waals surface area (Å²) in [4.78, 5) is 0. The average molecular weight is 206 g/mol. The number of hydrogen-bond acceptors (Lipinski definition) is 1. The third kappa shape index (κ3) is 1.65. The SMILES string of the molecule is Cc1c(C(C)(C)C)oc2ccc(F)cc12. The Hall–Kier alpha value is -1.31. The summed E-state index contributed by atoms with van der Waals surface area (Å²) in [5.74, 6) is 0.718. The lowest BCUT2D eigenvalue weighted by Gasteiger charge is -2.15. The number of fused-ring (bicyclic) bond motifs is 1. The van der Waals surface area contributed by atoms with Crippen molar-refractivity contribution < 1.29 is 8.81 Å². The van der Waals surface area contributed by atoms with Gasteiger partial charge in [0.1, 0.15) is 17.2 Å². The molecule has 1 heterocycles. The molecule has 0 fully saturated rings. The summed E-state index contributed by atoms with van der Waals surface area (Å²) in [7, 11) is 0. The molecule has 0 saturated heterocycles. The first-order valence-electron chi connectivity index (χ1n) is 5.09. The van der Waals surface area contributed by atoms with Crippen molar-refractivity contribution in [1.29, 1.82) is 0 Å². The highest BCUT2D eigenvalue weighted by atomic mass is 19.1. The van der Waals surface area contributed by atoms with Crippen molar-refractivity contribution in [2.24, 2.45) is 0 Å². The Morgan fingerprint density at radius 2 is 1.87 bits per heavy atom. The van der Waals surface area contributed by atoms with Crippen molar-refractivity contribution in [3.63, 3.8) is 0 Å². The maximum absolute atomic E-state index is 13.1. The molecule has 2 heteroatoms. The minimum atomic E-state index is -0.216. The van der Waals surface area contributed by atoms with Crippen LogP contribution in [0.15, 0.2) is 22.6 Å². The number of aryl methyl sites for hydroxylation is 1. The van der Waals surface area contributed by atoms with E-state index < -0.39 is 0 Å². The molecule has 0 radical (unpaired) electrons. The third-order valence-electron chi connectivity index (χ3n) is 2.58. The van der Waals surface area contributed by atoms with E-state index in [9.17, 15) is 4.39 Å². The lowest BCUT2D eigenvalue weighted by Crippen LogP contribution is -2.10. The van der Waals surface area contributed by atoms with Gasteiger partial charge in [0, 0.05) is 10.8 Å². The van der Waals surface area contributed by atoms with Gasteiger partial charge in [0.15, 0.2) is 0 Å². The van der Waals surface area contributed by atoms with Crippen molar-refractivity contribution in [2.45, 2.75) is 33.1 Å². The van der Waals surface area contributed by atoms with Gasteiger partial charge in [0.05, 0.1) is 0 Å². The van der Waals surface area contributed by atoms with Gasteiger partial charge in [0.25, 0.3) is 0 Å². The summed E-state index contributed by atoms with van der Waals surface area (Å²) in [5, 5.41) is 0.875. The Kier molecular flexibility index (Phi) is 2.10. The summed E-state index contributed by atoms with van der Waals surface area (Å²) >= 11 is 0. The van der Waals surface area contributed by atoms with Gasteiger partial charge >= 0.3 is 0 Å². The average Bonchev–Trinajstić information content (AvgIpc) is 2.43. The van der Waals surface area contributed by atoms with Gasteiger partial charge in [-0.1, -0.05) is 20.8 Å². The normalized spacial score (nSPS) is 12.3. The Morgan fingerprint density at radius 1 is 1.20 bits per heavy atom. The van der Waals surface area contributed by atoms with Gasteiger partial charge in [-0.2, -0.15) is 0 Å². The molecule has 0 spiro atoms. The number of furan rings is 1. The quantitative estimate of drug-likeness (QED) is 0.630. The Labute approximate surface area is 88.9 Å². The molecule has 2 rings (SSSR count). The summed E-state index contributed by atoms with van der Waals surface area (Å²) in [6, 6.07) is 4.65. The van der Waals surface area contributed by atoms with E-state index in [2.05, 4.69) is 20.8 Å². The molecule has 0 saturated carbocycles. The van der Waals surface area contributed by atoms with E-state index in [1.165, 1.54) is 12.1 Å². The van der Waals surface area contributed by atoms with Crippen molar-refractivity contribution in [2.75, 3.05) is 0 Å². The van der Waals surface area contributed by atoms with Crippen molar-refractivity contribution in [3.05, 3.63) is 35.3 Å². The number of benzene rings is 1. The van der Waals surface area contributed by atoms with Crippen LogP contribution in [0.4, 0.5) is 4.39 Å². The first-order chi connectivity index (χ1) is 6.89. The first kappa shape index (κ1) is 10.2. The van der Waals surface area contributed by atoms with E-state index >= 15 is 0 Å². The van der Waals surface area contributed by atoms with Crippen LogP contribution in [-0.2, 0) is 5.41 Å². The van der Waals surface area contributed by atoms with Gasteiger partial charge in [0.2, 0.25) is 0 Å². The van der Waals surface area contributed by atoms with Crippen LogP contribution in [0.25, 0.3) is 11.0 Å². The van der Waals surface area contributed by atoms with Crippen LogP contribution in [-0.4, -0.2) is 0 Å². The van der Waals surface area contributed by atoms with Crippen molar-refractivity contribution >= 4 is 11.0 Å². The summed E-state index contributed by atoms with van der Waals surface area (Å²) in [6.45, 7) is 8.25. The molecule has 0 atom stereocenters. The van der Waals surface area contributed by atoms with Crippen LogP contribution in [0.3, 0.4) is 0 Å². The monoisotopic (exact) mass is 206 g/mol. The van der Waals surface area contributed by atoms with E-state index in [0.29, 0.717) is 0 Å². The minimum absolute atomic E-state index is 0.0421. The molecule has 1 aromatic carbocycles. The molecule has 15 heavy (non-hydrogen) atoms. The molecular formula is C13H15FO. The van der Waals surface area contributed by atoms with Crippen LogP contribution >= 0.6 is 0 Å². The molecule has 0 aliphatic heterocycles.